The lowest BCUT2D eigenvalue weighted by Crippen LogP contribution is -2.44. The summed E-state index contributed by atoms with van der Waals surface area (Å²) in [6.45, 7) is 5.81. The van der Waals surface area contributed by atoms with Crippen molar-refractivity contribution in [2.75, 3.05) is 13.1 Å². The fraction of sp³-hybridized carbons (Fsp3) is 0.571. The molecule has 1 aromatic rings. The molecule has 18 heavy (non-hydrogen) atoms. The van der Waals surface area contributed by atoms with Crippen molar-refractivity contribution in [2.45, 2.75) is 20.3 Å². The fourth-order valence-corrected chi connectivity index (χ4v) is 2.76. The summed E-state index contributed by atoms with van der Waals surface area (Å²) in [6, 6.07) is 3.36. The zero-order valence-corrected chi connectivity index (χ0v) is 11.2. The number of likely N-dealkylation sites (tertiary alicyclic amines) is 1. The molecule has 2 rings (SSSR count). The summed E-state index contributed by atoms with van der Waals surface area (Å²) < 4.78 is 1.45. The number of hydrogen-bond acceptors (Lipinski definition) is 2. The minimum absolute atomic E-state index is 0.130. The van der Waals surface area contributed by atoms with Gasteiger partial charge in [-0.05, 0) is 30.4 Å². The van der Waals surface area contributed by atoms with Crippen LogP contribution in [0, 0.1) is 11.8 Å². The van der Waals surface area contributed by atoms with Gasteiger partial charge in [-0.2, -0.15) is 0 Å². The lowest BCUT2D eigenvalue weighted by Gasteiger charge is -2.34. The van der Waals surface area contributed by atoms with Gasteiger partial charge in [0.15, 0.2) is 0 Å². The average molecular weight is 248 g/mol. The number of piperidine rings is 1. The van der Waals surface area contributed by atoms with Crippen LogP contribution in [0.15, 0.2) is 23.1 Å². The van der Waals surface area contributed by atoms with Gasteiger partial charge in [-0.1, -0.05) is 13.8 Å². The van der Waals surface area contributed by atoms with Crippen molar-refractivity contribution in [2.24, 2.45) is 18.9 Å². The predicted molar refractivity (Wildman–Crippen MR) is 70.5 cm³/mol. The molecule has 2 unspecified atom stereocenters. The summed E-state index contributed by atoms with van der Waals surface area (Å²) in [5, 5.41) is 0. The number of aromatic nitrogens is 1. The highest BCUT2D eigenvalue weighted by molar-refractivity contribution is 5.93. The van der Waals surface area contributed by atoms with Crippen molar-refractivity contribution in [3.05, 3.63) is 34.2 Å². The molecule has 1 aliphatic rings. The standard InChI is InChI=1S/C14H20N2O2/c1-10-7-11(2)9-16(8-10)14(18)12-5-4-6-15(3)13(12)17/h4-6,10-11H,7-9H2,1-3H3. The first kappa shape index (κ1) is 12.9. The Morgan fingerprint density at radius 3 is 2.50 bits per heavy atom. The number of rotatable bonds is 1. The SMILES string of the molecule is CC1CC(C)CN(C(=O)c2cccn(C)c2=O)C1. The Labute approximate surface area is 107 Å². The Bertz CT molecular complexity index is 497. The first-order valence-electron chi connectivity index (χ1n) is 6.44. The van der Waals surface area contributed by atoms with Crippen LogP contribution in [-0.2, 0) is 7.05 Å². The summed E-state index contributed by atoms with van der Waals surface area (Å²) in [7, 11) is 1.67. The molecule has 1 saturated heterocycles. The summed E-state index contributed by atoms with van der Waals surface area (Å²) in [5.41, 5.74) is 0.0645. The third-order valence-corrected chi connectivity index (χ3v) is 3.51. The minimum Gasteiger partial charge on any atom is -0.338 e. The lowest BCUT2D eigenvalue weighted by atomic mass is 9.91. The van der Waals surface area contributed by atoms with Crippen molar-refractivity contribution in [1.29, 1.82) is 0 Å². The predicted octanol–water partition coefficient (Wildman–Crippen LogP) is 1.50. The summed E-state index contributed by atoms with van der Waals surface area (Å²) in [4.78, 5) is 26.1. The van der Waals surface area contributed by atoms with Gasteiger partial charge in [-0.3, -0.25) is 9.59 Å². The van der Waals surface area contributed by atoms with E-state index in [4.69, 9.17) is 0 Å². The summed E-state index contributed by atoms with van der Waals surface area (Å²) >= 11 is 0. The first-order chi connectivity index (χ1) is 8.49. The van der Waals surface area contributed by atoms with E-state index in [1.54, 1.807) is 25.4 Å². The Kier molecular flexibility index (Phi) is 3.55. The van der Waals surface area contributed by atoms with Gasteiger partial charge in [-0.15, -0.1) is 0 Å². The number of carbonyl (C=O) groups excluding carboxylic acids is 1. The van der Waals surface area contributed by atoms with Crippen LogP contribution in [0.5, 0.6) is 0 Å². The largest absolute Gasteiger partial charge is 0.338 e. The molecule has 0 aromatic carbocycles. The monoisotopic (exact) mass is 248 g/mol. The molecule has 1 aromatic heterocycles. The van der Waals surface area contributed by atoms with Crippen LogP contribution in [0.1, 0.15) is 30.6 Å². The second-order valence-corrected chi connectivity index (χ2v) is 5.49. The maximum atomic E-state index is 12.4. The molecule has 0 aliphatic carbocycles. The Morgan fingerprint density at radius 2 is 1.89 bits per heavy atom. The van der Waals surface area contributed by atoms with Gasteiger partial charge in [0.05, 0.1) is 0 Å². The Morgan fingerprint density at radius 1 is 1.28 bits per heavy atom. The molecule has 1 aliphatic heterocycles. The lowest BCUT2D eigenvalue weighted by molar-refractivity contribution is 0.0620. The Hall–Kier alpha value is -1.58. The highest BCUT2D eigenvalue weighted by atomic mass is 16.2. The molecule has 0 radical (unpaired) electrons. The number of carbonyl (C=O) groups is 1. The number of aryl methyl sites for hydroxylation is 1. The van der Waals surface area contributed by atoms with Crippen molar-refractivity contribution < 1.29 is 4.79 Å². The van der Waals surface area contributed by atoms with E-state index >= 15 is 0 Å². The molecule has 2 atom stereocenters. The second-order valence-electron chi connectivity index (χ2n) is 5.49. The van der Waals surface area contributed by atoms with E-state index in [9.17, 15) is 9.59 Å². The van der Waals surface area contributed by atoms with Crippen LogP contribution in [-0.4, -0.2) is 28.5 Å². The van der Waals surface area contributed by atoms with Gasteiger partial charge in [0, 0.05) is 26.3 Å². The molecule has 1 amide bonds. The van der Waals surface area contributed by atoms with Crippen LogP contribution < -0.4 is 5.56 Å². The molecule has 4 nitrogen and oxygen atoms in total. The van der Waals surface area contributed by atoms with Crippen molar-refractivity contribution >= 4 is 5.91 Å². The molecule has 0 N–H and O–H groups in total. The van der Waals surface area contributed by atoms with Crippen LogP contribution in [0.3, 0.4) is 0 Å². The van der Waals surface area contributed by atoms with Crippen LogP contribution >= 0.6 is 0 Å². The summed E-state index contributed by atoms with van der Waals surface area (Å²) in [5.74, 6) is 0.880. The van der Waals surface area contributed by atoms with Gasteiger partial charge in [-0.25, -0.2) is 0 Å². The van der Waals surface area contributed by atoms with E-state index in [0.717, 1.165) is 19.5 Å². The highest BCUT2D eigenvalue weighted by Gasteiger charge is 2.27. The molecular formula is C14H20N2O2. The molecule has 4 heteroatoms. The summed E-state index contributed by atoms with van der Waals surface area (Å²) in [6.07, 6.45) is 2.82. The molecule has 0 spiro atoms. The normalized spacial score (nSPS) is 24.1. The van der Waals surface area contributed by atoms with Crippen LogP contribution in [0.4, 0.5) is 0 Å². The topological polar surface area (TPSA) is 42.3 Å². The molecule has 0 saturated carbocycles. The van der Waals surface area contributed by atoms with Crippen molar-refractivity contribution in [1.82, 2.24) is 9.47 Å². The number of hydrogen-bond donors (Lipinski definition) is 0. The van der Waals surface area contributed by atoms with E-state index in [2.05, 4.69) is 13.8 Å². The smallest absolute Gasteiger partial charge is 0.263 e. The van der Waals surface area contributed by atoms with Gasteiger partial charge < -0.3 is 9.47 Å². The van der Waals surface area contributed by atoms with E-state index in [-0.39, 0.29) is 17.0 Å². The minimum atomic E-state index is -0.214. The number of nitrogens with zero attached hydrogens (tertiary/aromatic N) is 2. The van der Waals surface area contributed by atoms with E-state index in [0.29, 0.717) is 11.8 Å². The second kappa shape index (κ2) is 4.96. The van der Waals surface area contributed by atoms with E-state index < -0.39 is 0 Å². The van der Waals surface area contributed by atoms with Crippen molar-refractivity contribution in [3.63, 3.8) is 0 Å². The van der Waals surface area contributed by atoms with E-state index in [1.807, 2.05) is 4.90 Å². The maximum Gasteiger partial charge on any atom is 0.263 e. The first-order valence-corrected chi connectivity index (χ1v) is 6.44. The average Bonchev–Trinajstić information content (AvgIpc) is 2.30. The molecule has 1 fully saturated rings. The Balaban J connectivity index is 2.26. The van der Waals surface area contributed by atoms with E-state index in [1.165, 1.54) is 4.57 Å². The van der Waals surface area contributed by atoms with Crippen molar-refractivity contribution in [3.8, 4) is 0 Å². The van der Waals surface area contributed by atoms with Gasteiger partial charge >= 0.3 is 0 Å². The van der Waals surface area contributed by atoms with Gasteiger partial charge in [0.2, 0.25) is 0 Å². The molecule has 0 bridgehead atoms. The fourth-order valence-electron chi connectivity index (χ4n) is 2.76. The quantitative estimate of drug-likeness (QED) is 0.756. The zero-order chi connectivity index (χ0) is 13.3. The third-order valence-electron chi connectivity index (χ3n) is 3.51. The zero-order valence-electron chi connectivity index (χ0n) is 11.2. The van der Waals surface area contributed by atoms with Gasteiger partial charge in [0.25, 0.3) is 11.5 Å². The van der Waals surface area contributed by atoms with Gasteiger partial charge in [0.1, 0.15) is 5.56 Å². The molecular weight excluding hydrogens is 228 g/mol. The van der Waals surface area contributed by atoms with Crippen LogP contribution in [0.25, 0.3) is 0 Å². The highest BCUT2D eigenvalue weighted by Crippen LogP contribution is 2.21. The number of pyridine rings is 1. The maximum absolute atomic E-state index is 12.4. The third kappa shape index (κ3) is 2.47. The number of amides is 1. The van der Waals surface area contributed by atoms with Crippen LogP contribution in [0.2, 0.25) is 0 Å². The molecule has 2 heterocycles. The molecule has 98 valence electrons.